The third-order valence-electron chi connectivity index (χ3n) is 2.32. The first kappa shape index (κ1) is 10.7. The van der Waals surface area contributed by atoms with Crippen LogP contribution < -0.4 is 5.32 Å². The molecule has 0 aliphatic rings. The molecule has 0 spiro atoms. The molecule has 0 saturated heterocycles. The Morgan fingerprint density at radius 2 is 2.19 bits per heavy atom. The van der Waals surface area contributed by atoms with Gasteiger partial charge in [0.25, 0.3) is 0 Å². The summed E-state index contributed by atoms with van der Waals surface area (Å²) < 4.78 is 1.91. The van der Waals surface area contributed by atoms with Crippen molar-refractivity contribution in [2.45, 2.75) is 26.8 Å². The highest BCUT2D eigenvalue weighted by Gasteiger charge is 2.02. The predicted molar refractivity (Wildman–Crippen MR) is 64.9 cm³/mol. The van der Waals surface area contributed by atoms with Gasteiger partial charge in [-0.1, -0.05) is 0 Å². The number of nitrogens with one attached hydrogen (secondary N) is 1. The third-order valence-corrected chi connectivity index (χ3v) is 2.32. The molecule has 0 saturated carbocycles. The molecule has 4 heteroatoms. The van der Waals surface area contributed by atoms with Crippen LogP contribution in [0.4, 0.5) is 11.5 Å². The third kappa shape index (κ3) is 2.39. The van der Waals surface area contributed by atoms with Crippen molar-refractivity contribution in [2.24, 2.45) is 0 Å². The van der Waals surface area contributed by atoms with E-state index < -0.39 is 0 Å². The van der Waals surface area contributed by atoms with E-state index in [1.165, 1.54) is 5.56 Å². The quantitative estimate of drug-likeness (QED) is 0.857. The van der Waals surface area contributed by atoms with Crippen molar-refractivity contribution in [3.05, 3.63) is 36.3 Å². The Bertz CT molecular complexity index is 473. The number of rotatable bonds is 3. The van der Waals surface area contributed by atoms with Crippen molar-refractivity contribution in [1.29, 1.82) is 0 Å². The van der Waals surface area contributed by atoms with Gasteiger partial charge in [0.15, 0.2) is 0 Å². The normalized spacial score (nSPS) is 10.8. The van der Waals surface area contributed by atoms with E-state index in [4.69, 9.17) is 0 Å². The zero-order chi connectivity index (χ0) is 11.5. The molecule has 0 bridgehead atoms. The topological polar surface area (TPSA) is 42.7 Å². The molecule has 0 radical (unpaired) electrons. The van der Waals surface area contributed by atoms with Gasteiger partial charge >= 0.3 is 0 Å². The molecular weight excluding hydrogens is 200 g/mol. The van der Waals surface area contributed by atoms with E-state index in [2.05, 4.69) is 29.2 Å². The van der Waals surface area contributed by atoms with Gasteiger partial charge in [0.1, 0.15) is 5.82 Å². The first-order valence-corrected chi connectivity index (χ1v) is 5.39. The fraction of sp³-hybridized carbons (Fsp3) is 0.333. The molecule has 0 aliphatic carbocycles. The first-order chi connectivity index (χ1) is 7.65. The number of anilines is 2. The largest absolute Gasteiger partial charge is 0.338 e. The minimum atomic E-state index is 0.376. The molecule has 0 atom stereocenters. The molecular formula is C12H16N4. The lowest BCUT2D eigenvalue weighted by atomic mass is 10.3. The summed E-state index contributed by atoms with van der Waals surface area (Å²) in [7, 11) is 0. The van der Waals surface area contributed by atoms with Crippen LogP contribution in [0.15, 0.2) is 30.7 Å². The molecule has 4 nitrogen and oxygen atoms in total. The summed E-state index contributed by atoms with van der Waals surface area (Å²) in [6.07, 6.45) is 5.59. The average molecular weight is 216 g/mol. The van der Waals surface area contributed by atoms with Crippen LogP contribution in [0, 0.1) is 6.92 Å². The Labute approximate surface area is 95.3 Å². The van der Waals surface area contributed by atoms with Crippen LogP contribution in [-0.4, -0.2) is 14.8 Å². The molecule has 2 aromatic rings. The molecule has 2 rings (SSSR count). The SMILES string of the molecule is Cc1ccnc(Nc2cnn(C(C)C)c2)c1. The summed E-state index contributed by atoms with van der Waals surface area (Å²) in [4.78, 5) is 4.24. The molecule has 2 aromatic heterocycles. The molecule has 2 heterocycles. The number of pyridine rings is 1. The van der Waals surface area contributed by atoms with Gasteiger partial charge in [0.2, 0.25) is 0 Å². The number of aromatic nitrogens is 3. The van der Waals surface area contributed by atoms with E-state index in [0.717, 1.165) is 11.5 Å². The number of hydrogen-bond acceptors (Lipinski definition) is 3. The monoisotopic (exact) mass is 216 g/mol. The second kappa shape index (κ2) is 4.35. The van der Waals surface area contributed by atoms with Gasteiger partial charge < -0.3 is 5.32 Å². The van der Waals surface area contributed by atoms with Gasteiger partial charge in [-0.3, -0.25) is 4.68 Å². The van der Waals surface area contributed by atoms with Gasteiger partial charge in [-0.2, -0.15) is 5.10 Å². The zero-order valence-electron chi connectivity index (χ0n) is 9.81. The fourth-order valence-electron chi connectivity index (χ4n) is 1.44. The van der Waals surface area contributed by atoms with Crippen LogP contribution in [0.25, 0.3) is 0 Å². The Balaban J connectivity index is 2.14. The lowest BCUT2D eigenvalue weighted by molar-refractivity contribution is 0.532. The zero-order valence-corrected chi connectivity index (χ0v) is 9.81. The second-order valence-corrected chi connectivity index (χ2v) is 4.15. The summed E-state index contributed by atoms with van der Waals surface area (Å²) in [5.74, 6) is 0.850. The van der Waals surface area contributed by atoms with Crippen LogP contribution in [0.2, 0.25) is 0 Å². The lowest BCUT2D eigenvalue weighted by Gasteiger charge is -2.04. The lowest BCUT2D eigenvalue weighted by Crippen LogP contribution is -2.00. The van der Waals surface area contributed by atoms with E-state index in [1.807, 2.05) is 36.1 Å². The summed E-state index contributed by atoms with van der Waals surface area (Å²) in [6.45, 7) is 6.24. The smallest absolute Gasteiger partial charge is 0.130 e. The minimum Gasteiger partial charge on any atom is -0.338 e. The fourth-order valence-corrected chi connectivity index (χ4v) is 1.44. The Morgan fingerprint density at radius 1 is 1.38 bits per heavy atom. The molecule has 84 valence electrons. The predicted octanol–water partition coefficient (Wildman–Crippen LogP) is 2.91. The van der Waals surface area contributed by atoms with Gasteiger partial charge in [0, 0.05) is 18.4 Å². The maximum Gasteiger partial charge on any atom is 0.130 e. The molecule has 0 amide bonds. The van der Waals surface area contributed by atoms with Crippen molar-refractivity contribution in [3.63, 3.8) is 0 Å². The summed E-state index contributed by atoms with van der Waals surface area (Å²) in [5, 5.41) is 7.49. The maximum atomic E-state index is 4.26. The molecule has 0 aliphatic heterocycles. The van der Waals surface area contributed by atoms with Gasteiger partial charge in [-0.15, -0.1) is 0 Å². The average Bonchev–Trinajstić information content (AvgIpc) is 2.66. The number of nitrogens with zero attached hydrogens (tertiary/aromatic N) is 3. The van der Waals surface area contributed by atoms with E-state index in [-0.39, 0.29) is 0 Å². The maximum absolute atomic E-state index is 4.26. The number of aryl methyl sites for hydroxylation is 1. The summed E-state index contributed by atoms with van der Waals surface area (Å²) >= 11 is 0. The van der Waals surface area contributed by atoms with E-state index >= 15 is 0 Å². The van der Waals surface area contributed by atoms with E-state index in [9.17, 15) is 0 Å². The van der Waals surface area contributed by atoms with Crippen LogP contribution in [0.5, 0.6) is 0 Å². The number of hydrogen-bond donors (Lipinski definition) is 1. The Kier molecular flexibility index (Phi) is 2.90. The Hall–Kier alpha value is -1.84. The molecule has 0 fully saturated rings. The van der Waals surface area contributed by atoms with Crippen molar-refractivity contribution in [3.8, 4) is 0 Å². The molecule has 16 heavy (non-hydrogen) atoms. The highest BCUT2D eigenvalue weighted by molar-refractivity contribution is 5.54. The van der Waals surface area contributed by atoms with Crippen LogP contribution in [0.1, 0.15) is 25.5 Å². The first-order valence-electron chi connectivity index (χ1n) is 5.39. The van der Waals surface area contributed by atoms with Crippen molar-refractivity contribution in [2.75, 3.05) is 5.32 Å². The van der Waals surface area contributed by atoms with Gasteiger partial charge in [-0.25, -0.2) is 4.98 Å². The van der Waals surface area contributed by atoms with Crippen LogP contribution >= 0.6 is 0 Å². The van der Waals surface area contributed by atoms with Gasteiger partial charge in [-0.05, 0) is 38.5 Å². The van der Waals surface area contributed by atoms with Crippen molar-refractivity contribution >= 4 is 11.5 Å². The van der Waals surface area contributed by atoms with E-state index in [1.54, 1.807) is 6.20 Å². The molecule has 0 aromatic carbocycles. The summed E-state index contributed by atoms with van der Waals surface area (Å²) in [5.41, 5.74) is 2.15. The second-order valence-electron chi connectivity index (χ2n) is 4.15. The molecule has 1 N–H and O–H groups in total. The summed E-state index contributed by atoms with van der Waals surface area (Å²) in [6, 6.07) is 4.36. The van der Waals surface area contributed by atoms with Crippen molar-refractivity contribution < 1.29 is 0 Å². The van der Waals surface area contributed by atoms with Crippen molar-refractivity contribution in [1.82, 2.24) is 14.8 Å². The minimum absolute atomic E-state index is 0.376. The Morgan fingerprint density at radius 3 is 2.81 bits per heavy atom. The highest BCUT2D eigenvalue weighted by Crippen LogP contribution is 2.15. The van der Waals surface area contributed by atoms with Gasteiger partial charge in [0.05, 0.1) is 11.9 Å². The van der Waals surface area contributed by atoms with Crippen LogP contribution in [-0.2, 0) is 0 Å². The molecule has 0 unspecified atom stereocenters. The van der Waals surface area contributed by atoms with Crippen LogP contribution in [0.3, 0.4) is 0 Å². The van der Waals surface area contributed by atoms with E-state index in [0.29, 0.717) is 6.04 Å². The standard InChI is InChI=1S/C12H16N4/c1-9(2)16-8-11(7-14-16)15-12-6-10(3)4-5-13-12/h4-9H,1-3H3,(H,13,15). The highest BCUT2D eigenvalue weighted by atomic mass is 15.3.